The smallest absolute Gasteiger partial charge is 0.255 e. The summed E-state index contributed by atoms with van der Waals surface area (Å²) in [5.74, 6) is -0.547. The molecule has 0 radical (unpaired) electrons. The maximum atomic E-state index is 13.0. The van der Waals surface area contributed by atoms with Gasteiger partial charge in [-0.25, -0.2) is 0 Å². The summed E-state index contributed by atoms with van der Waals surface area (Å²) in [4.78, 5) is 38.4. The van der Waals surface area contributed by atoms with Crippen molar-refractivity contribution in [2.45, 2.75) is 70.1 Å². The van der Waals surface area contributed by atoms with Crippen LogP contribution in [-0.2, 0) is 29.1 Å². The van der Waals surface area contributed by atoms with Crippen LogP contribution in [0.4, 0.5) is 0 Å². The number of hydrogen-bond acceptors (Lipinski definition) is 4. The number of benzene rings is 2. The van der Waals surface area contributed by atoms with Crippen molar-refractivity contribution < 1.29 is 17.1 Å². The Bertz CT molecular complexity index is 1140. The number of carbonyl (C=O) groups excluding carboxylic acids is 3. The van der Waals surface area contributed by atoms with Crippen molar-refractivity contribution in [3.05, 3.63) is 70.8 Å². The van der Waals surface area contributed by atoms with E-state index in [0.717, 1.165) is 43.2 Å². The van der Waals surface area contributed by atoms with Crippen molar-refractivity contribution in [2.75, 3.05) is 0 Å². The first-order valence-electron chi connectivity index (χ1n) is 12.9. The normalized spacial score (nSPS) is 26.5. The molecule has 1 saturated heterocycles. The van der Waals surface area contributed by atoms with Gasteiger partial charge in [0.2, 0.25) is 11.8 Å². The lowest BCUT2D eigenvalue weighted by molar-refractivity contribution is -0.136. The van der Waals surface area contributed by atoms with E-state index in [4.69, 9.17) is 2.74 Å². The first-order valence-corrected chi connectivity index (χ1v) is 11.9. The van der Waals surface area contributed by atoms with Gasteiger partial charge in [0.15, 0.2) is 0 Å². The third-order valence-corrected chi connectivity index (χ3v) is 7.17. The van der Waals surface area contributed by atoms with Gasteiger partial charge in [-0.3, -0.25) is 19.7 Å². The van der Waals surface area contributed by atoms with E-state index in [0.29, 0.717) is 30.0 Å². The molecule has 0 aromatic heterocycles. The zero-order valence-electron chi connectivity index (χ0n) is 20.7. The SMILES string of the molecule is [2H]C([2H])(N[C@H]1CCCC[C@@H]1Cc1ccc2c(c1)CN(C1CCC(=O)NC1=O)C2=O)c1ccccc1. The molecule has 6 heteroatoms. The van der Waals surface area contributed by atoms with E-state index in [1.54, 1.807) is 4.90 Å². The first kappa shape index (κ1) is 19.5. The van der Waals surface area contributed by atoms with Crippen molar-refractivity contribution in [1.82, 2.24) is 15.5 Å². The molecule has 1 unspecified atom stereocenters. The second-order valence-corrected chi connectivity index (χ2v) is 9.38. The van der Waals surface area contributed by atoms with E-state index in [1.165, 1.54) is 0 Å². The van der Waals surface area contributed by atoms with E-state index in [9.17, 15) is 14.4 Å². The molecule has 5 rings (SSSR count). The van der Waals surface area contributed by atoms with E-state index in [1.807, 2.05) is 42.5 Å². The number of amides is 3. The molecule has 2 aromatic carbocycles. The molecular formula is C27H31N3O3. The molecule has 2 aromatic rings. The summed E-state index contributed by atoms with van der Waals surface area (Å²) >= 11 is 0. The van der Waals surface area contributed by atoms with Gasteiger partial charge in [0.1, 0.15) is 6.04 Å². The van der Waals surface area contributed by atoms with Gasteiger partial charge in [-0.1, -0.05) is 55.3 Å². The van der Waals surface area contributed by atoms with E-state index in [-0.39, 0.29) is 24.3 Å². The highest BCUT2D eigenvalue weighted by atomic mass is 16.2. The summed E-state index contributed by atoms with van der Waals surface area (Å²) in [6.45, 7) is -1.23. The highest BCUT2D eigenvalue weighted by Gasteiger charge is 2.39. The molecule has 2 heterocycles. The third-order valence-electron chi connectivity index (χ3n) is 7.17. The molecule has 6 nitrogen and oxygen atoms in total. The molecule has 2 aliphatic heterocycles. The minimum Gasteiger partial charge on any atom is -0.322 e. The van der Waals surface area contributed by atoms with Gasteiger partial charge < -0.3 is 10.2 Å². The van der Waals surface area contributed by atoms with Gasteiger partial charge in [0.05, 0.1) is 0 Å². The molecular weight excluding hydrogens is 414 g/mol. The predicted molar refractivity (Wildman–Crippen MR) is 125 cm³/mol. The van der Waals surface area contributed by atoms with Crippen molar-refractivity contribution >= 4 is 17.7 Å². The Kier molecular flexibility index (Phi) is 5.59. The zero-order valence-corrected chi connectivity index (χ0v) is 18.7. The number of fused-ring (bicyclic) bond motifs is 1. The second kappa shape index (κ2) is 9.48. The molecule has 2 N–H and O–H groups in total. The molecule has 3 atom stereocenters. The molecule has 172 valence electrons. The fourth-order valence-corrected chi connectivity index (χ4v) is 5.40. The molecule has 3 aliphatic rings. The Labute approximate surface area is 197 Å². The van der Waals surface area contributed by atoms with Crippen molar-refractivity contribution in [1.29, 1.82) is 0 Å². The minimum absolute atomic E-state index is 0.0637. The van der Waals surface area contributed by atoms with Crippen molar-refractivity contribution in [3.63, 3.8) is 0 Å². The van der Waals surface area contributed by atoms with Crippen LogP contribution in [0.5, 0.6) is 0 Å². The molecule has 2 fully saturated rings. The summed E-state index contributed by atoms with van der Waals surface area (Å²) in [6, 6.07) is 14.6. The van der Waals surface area contributed by atoms with Crippen LogP contribution in [0.3, 0.4) is 0 Å². The number of carbonyl (C=O) groups is 3. The van der Waals surface area contributed by atoms with Crippen LogP contribution in [0.15, 0.2) is 48.5 Å². The molecule has 0 spiro atoms. The second-order valence-electron chi connectivity index (χ2n) is 9.38. The van der Waals surface area contributed by atoms with Crippen LogP contribution in [0, 0.1) is 5.92 Å². The van der Waals surface area contributed by atoms with Crippen LogP contribution in [0.2, 0.25) is 0 Å². The van der Waals surface area contributed by atoms with Crippen molar-refractivity contribution in [3.8, 4) is 0 Å². The number of nitrogens with zero attached hydrogens (tertiary/aromatic N) is 1. The Morgan fingerprint density at radius 1 is 1.00 bits per heavy atom. The molecule has 33 heavy (non-hydrogen) atoms. The van der Waals surface area contributed by atoms with E-state index >= 15 is 0 Å². The average Bonchev–Trinajstić information content (AvgIpc) is 3.16. The number of rotatable bonds is 6. The summed E-state index contributed by atoms with van der Waals surface area (Å²) in [5, 5.41) is 5.64. The highest BCUT2D eigenvalue weighted by Crippen LogP contribution is 2.31. The predicted octanol–water partition coefficient (Wildman–Crippen LogP) is 3.34. The Balaban J connectivity index is 1.29. The van der Waals surface area contributed by atoms with Gasteiger partial charge in [-0.2, -0.15) is 0 Å². The summed E-state index contributed by atoms with van der Waals surface area (Å²) in [5.41, 5.74) is 3.30. The molecule has 1 saturated carbocycles. The fraction of sp³-hybridized carbons (Fsp3) is 0.444. The topological polar surface area (TPSA) is 78.5 Å². The number of imide groups is 1. The Morgan fingerprint density at radius 3 is 2.64 bits per heavy atom. The number of hydrogen-bond donors (Lipinski definition) is 2. The molecule has 3 amide bonds. The molecule has 0 bridgehead atoms. The Morgan fingerprint density at radius 2 is 1.82 bits per heavy atom. The summed E-state index contributed by atoms with van der Waals surface area (Å²) in [7, 11) is 0. The zero-order chi connectivity index (χ0) is 24.6. The maximum absolute atomic E-state index is 13.0. The largest absolute Gasteiger partial charge is 0.322 e. The van der Waals surface area contributed by atoms with Crippen LogP contribution < -0.4 is 10.6 Å². The lowest BCUT2D eigenvalue weighted by Gasteiger charge is -2.32. The lowest BCUT2D eigenvalue weighted by atomic mass is 9.80. The van der Waals surface area contributed by atoms with Crippen LogP contribution in [-0.4, -0.2) is 34.7 Å². The number of piperidine rings is 1. The Hall–Kier alpha value is -2.99. The average molecular weight is 448 g/mol. The maximum Gasteiger partial charge on any atom is 0.255 e. The van der Waals surface area contributed by atoms with Gasteiger partial charge >= 0.3 is 0 Å². The highest BCUT2D eigenvalue weighted by molar-refractivity contribution is 6.05. The summed E-state index contributed by atoms with van der Waals surface area (Å²) in [6.07, 6.45) is 5.58. The van der Waals surface area contributed by atoms with Gasteiger partial charge in [-0.05, 0) is 54.4 Å². The fourth-order valence-electron chi connectivity index (χ4n) is 5.40. The quantitative estimate of drug-likeness (QED) is 0.666. The van der Waals surface area contributed by atoms with Crippen molar-refractivity contribution in [2.24, 2.45) is 5.92 Å². The van der Waals surface area contributed by atoms with Crippen LogP contribution in [0.25, 0.3) is 0 Å². The van der Waals surface area contributed by atoms with Crippen LogP contribution in [0.1, 0.15) is 68.3 Å². The monoisotopic (exact) mass is 447 g/mol. The lowest BCUT2D eigenvalue weighted by Crippen LogP contribution is -2.52. The van der Waals surface area contributed by atoms with E-state index in [2.05, 4.69) is 16.7 Å². The van der Waals surface area contributed by atoms with Gasteiger partial charge in [0, 0.05) is 33.8 Å². The molecule has 1 aliphatic carbocycles. The van der Waals surface area contributed by atoms with Gasteiger partial charge in [-0.15, -0.1) is 0 Å². The van der Waals surface area contributed by atoms with E-state index < -0.39 is 18.4 Å². The standard InChI is InChI=1S/C27H31N3O3/c31-25-13-12-24(26(32)29-25)30-17-21-15-19(10-11-22(21)27(30)33)14-20-8-4-5-9-23(20)28-16-18-6-2-1-3-7-18/h1-3,6-7,10-11,15,20,23-24,28H,4-5,8-9,12-14,16-17H2,(H,29,31,32)/t20-,23+,24?/m1/s1/i16D2. The third kappa shape index (κ3) is 4.71. The van der Waals surface area contributed by atoms with Crippen LogP contribution >= 0.6 is 0 Å². The first-order chi connectivity index (χ1) is 16.8. The number of nitrogens with one attached hydrogen (secondary N) is 2. The van der Waals surface area contributed by atoms with Gasteiger partial charge in [0.25, 0.3) is 5.91 Å². The minimum atomic E-state index is -1.60. The summed E-state index contributed by atoms with van der Waals surface area (Å²) < 4.78 is 17.2.